The second-order valence-corrected chi connectivity index (χ2v) is 5.08. The van der Waals surface area contributed by atoms with Crippen molar-refractivity contribution in [3.63, 3.8) is 0 Å². The maximum atomic E-state index is 10.2. The largest absolute Gasteiger partial charge is 0.507 e. The molecular formula is C14H21NO. The van der Waals surface area contributed by atoms with E-state index in [0.717, 1.165) is 16.7 Å². The van der Waals surface area contributed by atoms with Crippen molar-refractivity contribution in [2.24, 2.45) is 5.73 Å². The summed E-state index contributed by atoms with van der Waals surface area (Å²) in [6.45, 7) is 8.75. The van der Waals surface area contributed by atoms with Crippen LogP contribution in [0.15, 0.2) is 18.2 Å². The standard InChI is InChI=1S/C14H21NO/c1-10-7-8-12(14(2,3)4)13(16)11(10)6-5-9-15/h5-8,16H,9,15H2,1-4H3/b6-5+. The molecule has 0 atom stereocenters. The lowest BCUT2D eigenvalue weighted by atomic mass is 9.84. The molecule has 1 aromatic carbocycles. The molecule has 0 radical (unpaired) electrons. The summed E-state index contributed by atoms with van der Waals surface area (Å²) in [7, 11) is 0. The van der Waals surface area contributed by atoms with Gasteiger partial charge in [-0.3, -0.25) is 0 Å². The Hall–Kier alpha value is -1.28. The molecule has 0 fully saturated rings. The van der Waals surface area contributed by atoms with Crippen molar-refractivity contribution < 1.29 is 5.11 Å². The lowest BCUT2D eigenvalue weighted by molar-refractivity contribution is 0.445. The van der Waals surface area contributed by atoms with Gasteiger partial charge >= 0.3 is 0 Å². The molecule has 2 nitrogen and oxygen atoms in total. The van der Waals surface area contributed by atoms with Gasteiger partial charge in [-0.15, -0.1) is 0 Å². The highest BCUT2D eigenvalue weighted by molar-refractivity contribution is 5.64. The molecule has 0 amide bonds. The van der Waals surface area contributed by atoms with Gasteiger partial charge in [0.15, 0.2) is 0 Å². The third-order valence-electron chi connectivity index (χ3n) is 2.66. The molecule has 0 saturated carbocycles. The average molecular weight is 219 g/mol. The van der Waals surface area contributed by atoms with E-state index in [-0.39, 0.29) is 5.41 Å². The van der Waals surface area contributed by atoms with Crippen molar-refractivity contribution in [1.82, 2.24) is 0 Å². The SMILES string of the molecule is Cc1ccc(C(C)(C)C)c(O)c1/C=C/CN. The Balaban J connectivity index is 3.33. The summed E-state index contributed by atoms with van der Waals surface area (Å²) in [5, 5.41) is 10.2. The van der Waals surface area contributed by atoms with Crippen LogP contribution in [0.4, 0.5) is 0 Å². The summed E-state index contributed by atoms with van der Waals surface area (Å²) < 4.78 is 0. The van der Waals surface area contributed by atoms with E-state index in [9.17, 15) is 5.11 Å². The summed E-state index contributed by atoms with van der Waals surface area (Å²) in [4.78, 5) is 0. The smallest absolute Gasteiger partial charge is 0.126 e. The number of phenols is 1. The van der Waals surface area contributed by atoms with Crippen molar-refractivity contribution in [1.29, 1.82) is 0 Å². The Morgan fingerprint density at radius 3 is 2.44 bits per heavy atom. The van der Waals surface area contributed by atoms with Gasteiger partial charge in [-0.05, 0) is 23.5 Å². The first kappa shape index (κ1) is 12.8. The minimum absolute atomic E-state index is 0.0525. The van der Waals surface area contributed by atoms with E-state index in [0.29, 0.717) is 12.3 Å². The molecule has 3 N–H and O–H groups in total. The maximum Gasteiger partial charge on any atom is 0.126 e. The fraction of sp³-hybridized carbons (Fsp3) is 0.429. The molecule has 0 unspecified atom stereocenters. The molecule has 2 heteroatoms. The molecule has 0 aromatic heterocycles. The average Bonchev–Trinajstić information content (AvgIpc) is 2.15. The summed E-state index contributed by atoms with van der Waals surface area (Å²) in [5.74, 6) is 0.372. The van der Waals surface area contributed by atoms with Gasteiger partial charge in [-0.25, -0.2) is 0 Å². The highest BCUT2D eigenvalue weighted by Crippen LogP contribution is 2.35. The number of phenolic OH excluding ortho intramolecular Hbond substituents is 1. The van der Waals surface area contributed by atoms with E-state index >= 15 is 0 Å². The van der Waals surface area contributed by atoms with E-state index in [1.807, 2.05) is 31.2 Å². The first-order chi connectivity index (χ1) is 7.38. The lowest BCUT2D eigenvalue weighted by Crippen LogP contribution is -2.12. The number of hydrogen-bond acceptors (Lipinski definition) is 2. The minimum Gasteiger partial charge on any atom is -0.507 e. The van der Waals surface area contributed by atoms with Crippen LogP contribution in [0, 0.1) is 6.92 Å². The first-order valence-electron chi connectivity index (χ1n) is 5.57. The van der Waals surface area contributed by atoms with Crippen LogP contribution in [0.5, 0.6) is 5.75 Å². The van der Waals surface area contributed by atoms with E-state index in [4.69, 9.17) is 5.73 Å². The van der Waals surface area contributed by atoms with Crippen LogP contribution in [0.1, 0.15) is 37.5 Å². The normalized spacial score (nSPS) is 12.3. The molecule has 1 aromatic rings. The monoisotopic (exact) mass is 219 g/mol. The van der Waals surface area contributed by atoms with Crippen LogP contribution in [-0.2, 0) is 5.41 Å². The number of aromatic hydroxyl groups is 1. The van der Waals surface area contributed by atoms with Gasteiger partial charge in [0.1, 0.15) is 5.75 Å². The maximum absolute atomic E-state index is 10.2. The number of benzene rings is 1. The second-order valence-electron chi connectivity index (χ2n) is 5.08. The Morgan fingerprint density at radius 2 is 1.94 bits per heavy atom. The zero-order chi connectivity index (χ0) is 12.3. The first-order valence-corrected chi connectivity index (χ1v) is 5.57. The van der Waals surface area contributed by atoms with Crippen LogP contribution < -0.4 is 5.73 Å². The van der Waals surface area contributed by atoms with Gasteiger partial charge in [0.05, 0.1) is 0 Å². The fourth-order valence-corrected chi connectivity index (χ4v) is 1.71. The predicted molar refractivity (Wildman–Crippen MR) is 69.6 cm³/mol. The number of nitrogens with two attached hydrogens (primary N) is 1. The quantitative estimate of drug-likeness (QED) is 0.803. The fourth-order valence-electron chi connectivity index (χ4n) is 1.71. The summed E-state index contributed by atoms with van der Waals surface area (Å²) in [6, 6.07) is 4.03. The predicted octanol–water partition coefficient (Wildman–Crippen LogP) is 2.97. The van der Waals surface area contributed by atoms with Crippen LogP contribution in [0.25, 0.3) is 6.08 Å². The zero-order valence-electron chi connectivity index (χ0n) is 10.5. The summed E-state index contributed by atoms with van der Waals surface area (Å²) in [5.41, 5.74) is 8.28. The van der Waals surface area contributed by atoms with E-state index in [2.05, 4.69) is 20.8 Å². The van der Waals surface area contributed by atoms with Crippen LogP contribution in [-0.4, -0.2) is 11.7 Å². The van der Waals surface area contributed by atoms with Crippen molar-refractivity contribution >= 4 is 6.08 Å². The molecule has 16 heavy (non-hydrogen) atoms. The van der Waals surface area contributed by atoms with Crippen molar-refractivity contribution in [2.45, 2.75) is 33.1 Å². The zero-order valence-corrected chi connectivity index (χ0v) is 10.5. The van der Waals surface area contributed by atoms with Crippen LogP contribution in [0.3, 0.4) is 0 Å². The Labute approximate surface area is 97.8 Å². The van der Waals surface area contributed by atoms with Crippen molar-refractivity contribution in [3.05, 3.63) is 34.9 Å². The van der Waals surface area contributed by atoms with E-state index in [1.165, 1.54) is 0 Å². The molecule has 0 aliphatic rings. The highest BCUT2D eigenvalue weighted by Gasteiger charge is 2.19. The summed E-state index contributed by atoms with van der Waals surface area (Å²) in [6.07, 6.45) is 3.74. The third kappa shape index (κ3) is 2.64. The number of hydrogen-bond donors (Lipinski definition) is 2. The lowest BCUT2D eigenvalue weighted by Gasteiger charge is -2.22. The Bertz CT molecular complexity index is 400. The second kappa shape index (κ2) is 4.71. The van der Waals surface area contributed by atoms with Gasteiger partial charge in [0.2, 0.25) is 0 Å². The van der Waals surface area contributed by atoms with Gasteiger partial charge in [-0.2, -0.15) is 0 Å². The van der Waals surface area contributed by atoms with Gasteiger partial charge in [0, 0.05) is 12.1 Å². The van der Waals surface area contributed by atoms with Crippen LogP contribution >= 0.6 is 0 Å². The van der Waals surface area contributed by atoms with Crippen LogP contribution in [0.2, 0.25) is 0 Å². The molecule has 1 rings (SSSR count). The molecule has 0 aliphatic carbocycles. The molecule has 0 aliphatic heterocycles. The van der Waals surface area contributed by atoms with E-state index in [1.54, 1.807) is 0 Å². The minimum atomic E-state index is -0.0525. The molecule has 88 valence electrons. The topological polar surface area (TPSA) is 46.2 Å². The van der Waals surface area contributed by atoms with E-state index < -0.39 is 0 Å². The highest BCUT2D eigenvalue weighted by atomic mass is 16.3. The molecular weight excluding hydrogens is 198 g/mol. The summed E-state index contributed by atoms with van der Waals surface area (Å²) >= 11 is 0. The molecule has 0 spiro atoms. The van der Waals surface area contributed by atoms with Gasteiger partial charge in [-0.1, -0.05) is 45.1 Å². The third-order valence-corrected chi connectivity index (χ3v) is 2.66. The van der Waals surface area contributed by atoms with Gasteiger partial charge < -0.3 is 10.8 Å². The Kier molecular flexibility index (Phi) is 3.76. The molecule has 0 heterocycles. The Morgan fingerprint density at radius 1 is 1.31 bits per heavy atom. The van der Waals surface area contributed by atoms with Crippen molar-refractivity contribution in [3.8, 4) is 5.75 Å². The molecule has 0 saturated heterocycles. The van der Waals surface area contributed by atoms with Crippen molar-refractivity contribution in [2.75, 3.05) is 6.54 Å². The number of aryl methyl sites for hydroxylation is 1. The molecule has 0 bridgehead atoms. The number of rotatable bonds is 2. The van der Waals surface area contributed by atoms with Gasteiger partial charge in [0.25, 0.3) is 0 Å².